The number of allylic oxidation sites excluding steroid dienone is 8. The van der Waals surface area contributed by atoms with Crippen LogP contribution in [0, 0.1) is 0 Å². The van der Waals surface area contributed by atoms with Gasteiger partial charge in [-0.2, -0.15) is 0 Å². The molecule has 0 aromatic heterocycles. The molecule has 0 radical (unpaired) electrons. The van der Waals surface area contributed by atoms with Gasteiger partial charge in [0, 0.05) is 0 Å². The summed E-state index contributed by atoms with van der Waals surface area (Å²) in [6.45, 7) is 0. The summed E-state index contributed by atoms with van der Waals surface area (Å²) in [5.74, 6) is 1.57. The molecule has 2 aromatic rings. The molecule has 0 unspecified atom stereocenters. The molecule has 0 aliphatic heterocycles. The van der Waals surface area contributed by atoms with Crippen molar-refractivity contribution in [3.63, 3.8) is 0 Å². The Bertz CT molecular complexity index is 813. The average molecular weight is 477 g/mol. The van der Waals surface area contributed by atoms with Crippen molar-refractivity contribution in [1.29, 1.82) is 0 Å². The van der Waals surface area contributed by atoms with Gasteiger partial charge in [0.05, 0.1) is 0 Å². The Hall–Kier alpha value is -1.54. The van der Waals surface area contributed by atoms with Crippen molar-refractivity contribution in [2.45, 2.75) is 7.25 Å². The molecule has 4 rings (SSSR count). The zero-order chi connectivity index (χ0) is 18.7. The van der Waals surface area contributed by atoms with Crippen LogP contribution >= 0.6 is 23.2 Å². The molecule has 0 fully saturated rings. The average Bonchev–Trinajstić information content (AvgIpc) is 3.39. The maximum atomic E-state index is 6.75. The zero-order valence-corrected chi connectivity index (χ0v) is 18.4. The predicted octanol–water partition coefficient (Wildman–Crippen LogP) is 7.26. The third kappa shape index (κ3) is 4.16. The Labute approximate surface area is 175 Å². The summed E-state index contributed by atoms with van der Waals surface area (Å²) < 4.78 is 13.8. The molecule has 0 N–H and O–H groups in total. The number of hydrogen-bond donors (Lipinski definition) is 0. The fourth-order valence-electron chi connectivity index (χ4n) is 3.29. The molecule has 0 atom stereocenters. The van der Waals surface area contributed by atoms with E-state index in [0.717, 1.165) is 11.5 Å². The van der Waals surface area contributed by atoms with E-state index in [4.69, 9.17) is 28.8 Å². The summed E-state index contributed by atoms with van der Waals surface area (Å²) in [6.07, 6.45) is 17.0. The van der Waals surface area contributed by atoms with Gasteiger partial charge in [-0.25, -0.2) is 0 Å². The fourth-order valence-corrected chi connectivity index (χ4v) is 12.3. The van der Waals surface area contributed by atoms with Crippen molar-refractivity contribution in [1.82, 2.24) is 0 Å². The second kappa shape index (κ2) is 8.23. The first-order valence-electron chi connectivity index (χ1n) is 8.75. The Morgan fingerprint density at radius 2 is 0.889 bits per heavy atom. The molecule has 0 saturated carbocycles. The second-order valence-electron chi connectivity index (χ2n) is 6.42. The van der Waals surface area contributed by atoms with E-state index >= 15 is 0 Å². The van der Waals surface area contributed by atoms with Gasteiger partial charge in [-0.3, -0.25) is 0 Å². The molecule has 0 spiro atoms. The van der Waals surface area contributed by atoms with Crippen molar-refractivity contribution in [2.24, 2.45) is 0 Å². The van der Waals surface area contributed by atoms with Gasteiger partial charge in [-0.1, -0.05) is 0 Å². The van der Waals surface area contributed by atoms with Crippen molar-refractivity contribution in [2.75, 3.05) is 0 Å². The molecule has 0 heterocycles. The first-order valence-corrected chi connectivity index (χ1v) is 14.3. The quantitative estimate of drug-likeness (QED) is 0.437. The van der Waals surface area contributed by atoms with E-state index in [0.29, 0.717) is 10.0 Å². The van der Waals surface area contributed by atoms with Gasteiger partial charge in [0.15, 0.2) is 0 Å². The van der Waals surface area contributed by atoms with E-state index in [1.807, 2.05) is 48.5 Å². The van der Waals surface area contributed by atoms with E-state index < -0.39 is 21.1 Å². The molecule has 2 aliphatic rings. The maximum absolute atomic E-state index is 6.75. The molecule has 5 heteroatoms. The van der Waals surface area contributed by atoms with E-state index in [1.54, 1.807) is 0 Å². The van der Waals surface area contributed by atoms with Gasteiger partial charge in [0.25, 0.3) is 0 Å². The molecule has 0 saturated heterocycles. The molecule has 2 nitrogen and oxygen atoms in total. The summed E-state index contributed by atoms with van der Waals surface area (Å²) in [5.41, 5.74) is 0. The number of halogens is 2. The number of hydrogen-bond acceptors (Lipinski definition) is 2. The number of benzene rings is 2. The fraction of sp³-hybridized carbons (Fsp3) is 0.0909. The Morgan fingerprint density at radius 3 is 1.22 bits per heavy atom. The van der Waals surface area contributed by atoms with Crippen LogP contribution in [0.2, 0.25) is 17.3 Å². The minimum absolute atomic E-state index is 0.142. The van der Waals surface area contributed by atoms with Crippen LogP contribution in [0.15, 0.2) is 97.1 Å². The third-order valence-electron chi connectivity index (χ3n) is 4.61. The van der Waals surface area contributed by atoms with Crippen LogP contribution in [0.25, 0.3) is 0 Å². The van der Waals surface area contributed by atoms with Crippen LogP contribution in [-0.2, 0) is 21.1 Å². The third-order valence-corrected chi connectivity index (χ3v) is 14.3. The summed E-state index contributed by atoms with van der Waals surface area (Å²) in [6, 6.07) is 15.0. The molecular weight excluding hydrogens is 458 g/mol. The first kappa shape index (κ1) is 18.8. The monoisotopic (exact) mass is 474 g/mol. The second-order valence-corrected chi connectivity index (χ2v) is 15.1. The SMILES string of the molecule is Clc1ccc([O][Zr]([O]c2ccc(Cl)cc2)([CH]2C=CC=C2)[CH]2C=CC=C2)cc1. The van der Waals surface area contributed by atoms with Crippen molar-refractivity contribution >= 4 is 23.2 Å². The van der Waals surface area contributed by atoms with E-state index in [1.165, 1.54) is 0 Å². The van der Waals surface area contributed by atoms with Gasteiger partial charge < -0.3 is 0 Å². The Balaban J connectivity index is 1.77. The molecule has 2 aliphatic carbocycles. The van der Waals surface area contributed by atoms with Crippen molar-refractivity contribution < 1.29 is 26.8 Å². The summed E-state index contributed by atoms with van der Waals surface area (Å²) >= 11 is 8.26. The topological polar surface area (TPSA) is 18.5 Å². The summed E-state index contributed by atoms with van der Waals surface area (Å²) in [5, 5.41) is 1.37. The van der Waals surface area contributed by atoms with Gasteiger partial charge in [0.1, 0.15) is 0 Å². The molecule has 0 bridgehead atoms. The van der Waals surface area contributed by atoms with Gasteiger partial charge in [-0.15, -0.1) is 0 Å². The summed E-state index contributed by atoms with van der Waals surface area (Å²) in [7, 11) is 0. The van der Waals surface area contributed by atoms with Crippen molar-refractivity contribution in [3.05, 3.63) is 107 Å². The van der Waals surface area contributed by atoms with Crippen LogP contribution in [0.5, 0.6) is 11.5 Å². The van der Waals surface area contributed by atoms with E-state index in [2.05, 4.69) is 48.6 Å². The van der Waals surface area contributed by atoms with Crippen LogP contribution in [0.1, 0.15) is 0 Å². The van der Waals surface area contributed by atoms with Gasteiger partial charge >= 0.3 is 176 Å². The van der Waals surface area contributed by atoms with Crippen LogP contribution in [-0.4, -0.2) is 0 Å². The first-order chi connectivity index (χ1) is 13.2. The molecule has 27 heavy (non-hydrogen) atoms. The summed E-state index contributed by atoms with van der Waals surface area (Å²) in [4.78, 5) is 0. The van der Waals surface area contributed by atoms with Crippen LogP contribution in [0.3, 0.4) is 0 Å². The zero-order valence-electron chi connectivity index (χ0n) is 14.5. The van der Waals surface area contributed by atoms with Crippen molar-refractivity contribution in [3.8, 4) is 11.5 Å². The normalized spacial score (nSPS) is 16.4. The molecule has 136 valence electrons. The van der Waals surface area contributed by atoms with Gasteiger partial charge in [-0.05, 0) is 0 Å². The minimum atomic E-state index is -3.85. The molecular formula is C22H18Cl2O2Zr. The molecule has 0 amide bonds. The predicted molar refractivity (Wildman–Crippen MR) is 108 cm³/mol. The van der Waals surface area contributed by atoms with Crippen LogP contribution in [0.4, 0.5) is 0 Å². The van der Waals surface area contributed by atoms with E-state index in [9.17, 15) is 0 Å². The standard InChI is InChI=1S/2C6H5ClO.2C5H5.Zr/c2*7-5-1-3-6(8)4-2-5;2*1-2-4-5-3-1;/h2*1-4,8H;2*1-5H;/q;;;;+2/p-2. The Morgan fingerprint density at radius 1 is 0.556 bits per heavy atom. The van der Waals surface area contributed by atoms with E-state index in [-0.39, 0.29) is 7.25 Å². The Kier molecular flexibility index (Phi) is 5.73. The molecule has 2 aromatic carbocycles. The van der Waals surface area contributed by atoms with Crippen LogP contribution < -0.4 is 5.63 Å². The van der Waals surface area contributed by atoms with Gasteiger partial charge in [0.2, 0.25) is 0 Å². The number of rotatable bonds is 6.